The first-order valence-electron chi connectivity index (χ1n) is 8.85. The zero-order valence-corrected chi connectivity index (χ0v) is 16.3. The number of rotatable bonds is 7. The summed E-state index contributed by atoms with van der Waals surface area (Å²) in [5, 5.41) is 15.9. The molecule has 2 heterocycles. The third kappa shape index (κ3) is 4.94. The van der Waals surface area contributed by atoms with Gasteiger partial charge < -0.3 is 15.7 Å². The van der Waals surface area contributed by atoms with Crippen molar-refractivity contribution in [3.05, 3.63) is 59.6 Å². The molecule has 0 spiro atoms. The van der Waals surface area contributed by atoms with Gasteiger partial charge in [0.2, 0.25) is 5.95 Å². The van der Waals surface area contributed by atoms with Gasteiger partial charge in [-0.2, -0.15) is 4.98 Å². The van der Waals surface area contributed by atoms with E-state index in [1.54, 1.807) is 24.5 Å². The van der Waals surface area contributed by atoms with Crippen molar-refractivity contribution in [1.29, 1.82) is 0 Å². The molecule has 2 aromatic heterocycles. The Bertz CT molecular complexity index is 939. The molecule has 6 nitrogen and oxygen atoms in total. The summed E-state index contributed by atoms with van der Waals surface area (Å²) >= 11 is 5.86. The van der Waals surface area contributed by atoms with Crippen molar-refractivity contribution >= 4 is 29.1 Å². The lowest BCUT2D eigenvalue weighted by Gasteiger charge is -2.20. The van der Waals surface area contributed by atoms with Gasteiger partial charge in [-0.05, 0) is 36.2 Å². The Balaban J connectivity index is 1.97. The average Bonchev–Trinajstić information content (AvgIpc) is 2.69. The van der Waals surface area contributed by atoms with Gasteiger partial charge in [-0.25, -0.2) is 9.37 Å². The molecule has 0 aliphatic rings. The van der Waals surface area contributed by atoms with E-state index in [2.05, 4.69) is 25.6 Å². The Morgan fingerprint density at radius 3 is 2.64 bits per heavy atom. The van der Waals surface area contributed by atoms with Crippen LogP contribution in [0.1, 0.15) is 13.8 Å². The Hall–Kier alpha value is -2.77. The first-order valence-corrected chi connectivity index (χ1v) is 9.23. The van der Waals surface area contributed by atoms with Crippen molar-refractivity contribution < 1.29 is 9.50 Å². The third-order valence-corrected chi connectivity index (χ3v) is 4.48. The molecule has 3 rings (SSSR count). The minimum atomic E-state index is -0.490. The van der Waals surface area contributed by atoms with E-state index in [0.29, 0.717) is 23.1 Å². The summed E-state index contributed by atoms with van der Waals surface area (Å²) < 4.78 is 13.4. The fourth-order valence-corrected chi connectivity index (χ4v) is 2.73. The van der Waals surface area contributed by atoms with Gasteiger partial charge in [-0.3, -0.25) is 4.98 Å². The molecular weight excluding hydrogens is 381 g/mol. The first kappa shape index (κ1) is 20.0. The number of aliphatic hydroxyl groups excluding tert-OH is 1. The molecule has 0 fully saturated rings. The first-order chi connectivity index (χ1) is 13.5. The topological polar surface area (TPSA) is 83.0 Å². The number of nitrogens with zero attached hydrogens (tertiary/aromatic N) is 3. The molecular formula is C20H21ClFN5O. The smallest absolute Gasteiger partial charge is 0.225 e. The van der Waals surface area contributed by atoms with Crippen molar-refractivity contribution in [2.24, 2.45) is 5.92 Å². The quantitative estimate of drug-likeness (QED) is 0.540. The number of aliphatic hydroxyl groups is 1. The Morgan fingerprint density at radius 1 is 1.18 bits per heavy atom. The van der Waals surface area contributed by atoms with E-state index in [4.69, 9.17) is 11.6 Å². The predicted molar refractivity (Wildman–Crippen MR) is 109 cm³/mol. The van der Waals surface area contributed by atoms with Gasteiger partial charge in [0.1, 0.15) is 11.6 Å². The molecule has 3 aromatic rings. The van der Waals surface area contributed by atoms with E-state index in [1.165, 1.54) is 12.1 Å². The maximum atomic E-state index is 13.4. The van der Waals surface area contributed by atoms with Crippen molar-refractivity contribution in [1.82, 2.24) is 15.0 Å². The summed E-state index contributed by atoms with van der Waals surface area (Å²) in [6, 6.07) is 9.63. The average molecular weight is 402 g/mol. The summed E-state index contributed by atoms with van der Waals surface area (Å²) in [7, 11) is 0. The molecule has 0 bridgehead atoms. The number of benzene rings is 1. The molecule has 1 atom stereocenters. The van der Waals surface area contributed by atoms with E-state index >= 15 is 0 Å². The van der Waals surface area contributed by atoms with Gasteiger partial charge in [-0.1, -0.05) is 25.4 Å². The van der Waals surface area contributed by atoms with Crippen LogP contribution in [-0.2, 0) is 0 Å². The van der Waals surface area contributed by atoms with Crippen LogP contribution >= 0.6 is 11.6 Å². The second kappa shape index (κ2) is 8.95. The summed E-state index contributed by atoms with van der Waals surface area (Å²) in [4.78, 5) is 13.2. The van der Waals surface area contributed by atoms with E-state index < -0.39 is 5.82 Å². The Kier molecular flexibility index (Phi) is 6.38. The second-order valence-corrected chi connectivity index (χ2v) is 7.04. The minimum Gasteiger partial charge on any atom is -0.394 e. The van der Waals surface area contributed by atoms with Crippen LogP contribution in [0.2, 0.25) is 5.02 Å². The van der Waals surface area contributed by atoms with Gasteiger partial charge in [0.05, 0.1) is 23.4 Å². The summed E-state index contributed by atoms with van der Waals surface area (Å²) in [5.74, 6) is 0.559. The Morgan fingerprint density at radius 2 is 2.00 bits per heavy atom. The van der Waals surface area contributed by atoms with Crippen molar-refractivity contribution in [2.45, 2.75) is 19.9 Å². The highest BCUT2D eigenvalue weighted by Gasteiger charge is 2.15. The number of nitrogens with one attached hydrogen (secondary N) is 2. The highest BCUT2D eigenvalue weighted by atomic mass is 35.5. The second-order valence-electron chi connectivity index (χ2n) is 6.64. The van der Waals surface area contributed by atoms with Crippen LogP contribution in [0, 0.1) is 11.7 Å². The number of pyridine rings is 1. The number of hydrogen-bond donors (Lipinski definition) is 3. The minimum absolute atomic E-state index is 0.0186. The molecule has 146 valence electrons. The van der Waals surface area contributed by atoms with Crippen molar-refractivity contribution in [2.75, 3.05) is 17.2 Å². The zero-order chi connectivity index (χ0) is 20.1. The van der Waals surface area contributed by atoms with Crippen LogP contribution in [0.15, 0.2) is 48.8 Å². The number of halogens is 2. The lowest BCUT2D eigenvalue weighted by Crippen LogP contribution is -2.30. The fraction of sp³-hybridized carbons (Fsp3) is 0.250. The highest BCUT2D eigenvalue weighted by molar-refractivity contribution is 6.31. The monoisotopic (exact) mass is 401 g/mol. The summed E-state index contributed by atoms with van der Waals surface area (Å²) in [5.41, 5.74) is 2.07. The van der Waals surface area contributed by atoms with E-state index in [1.807, 2.05) is 26.0 Å². The van der Waals surface area contributed by atoms with Gasteiger partial charge >= 0.3 is 0 Å². The number of aromatic nitrogens is 3. The number of anilines is 3. The normalized spacial score (nSPS) is 12.1. The SMILES string of the molecule is CC(C)[C@H](CO)Nc1nc(Nc2ccc(F)c(Cl)c2)cc(-c2cccnc2)n1. The molecule has 0 radical (unpaired) electrons. The van der Waals surface area contributed by atoms with Gasteiger partial charge in [0.25, 0.3) is 0 Å². The van der Waals surface area contributed by atoms with Gasteiger partial charge in [0, 0.05) is 29.7 Å². The fourth-order valence-electron chi connectivity index (χ4n) is 2.55. The largest absolute Gasteiger partial charge is 0.394 e. The molecule has 8 heteroatoms. The zero-order valence-electron chi connectivity index (χ0n) is 15.5. The van der Waals surface area contributed by atoms with Crippen LogP contribution in [0.5, 0.6) is 0 Å². The molecule has 28 heavy (non-hydrogen) atoms. The molecule has 3 N–H and O–H groups in total. The number of hydrogen-bond acceptors (Lipinski definition) is 6. The van der Waals surface area contributed by atoms with Crippen LogP contribution in [0.3, 0.4) is 0 Å². The standard InChI is InChI=1S/C20H21ClFN5O/c1-12(2)18(11-28)26-20-25-17(13-4-3-7-23-10-13)9-19(27-20)24-14-5-6-16(22)15(21)8-14/h3-10,12,18,28H,11H2,1-2H3,(H2,24,25,26,27)/t18-/m0/s1. The van der Waals surface area contributed by atoms with Crippen molar-refractivity contribution in [3.8, 4) is 11.3 Å². The van der Waals surface area contributed by atoms with Crippen LogP contribution in [0.25, 0.3) is 11.3 Å². The Labute approximate surface area is 167 Å². The molecule has 0 saturated heterocycles. The van der Waals surface area contributed by atoms with Crippen LogP contribution in [-0.4, -0.2) is 32.7 Å². The lowest BCUT2D eigenvalue weighted by molar-refractivity contribution is 0.248. The highest BCUT2D eigenvalue weighted by Crippen LogP contribution is 2.26. The molecule has 0 amide bonds. The lowest BCUT2D eigenvalue weighted by atomic mass is 10.1. The molecule has 1 aromatic carbocycles. The maximum absolute atomic E-state index is 13.4. The third-order valence-electron chi connectivity index (χ3n) is 4.19. The predicted octanol–water partition coefficient (Wildman–Crippen LogP) is 4.50. The maximum Gasteiger partial charge on any atom is 0.225 e. The van der Waals surface area contributed by atoms with Gasteiger partial charge in [-0.15, -0.1) is 0 Å². The molecule has 0 unspecified atom stereocenters. The molecule has 0 saturated carbocycles. The van der Waals surface area contributed by atoms with Gasteiger partial charge in [0.15, 0.2) is 0 Å². The summed E-state index contributed by atoms with van der Waals surface area (Å²) in [6.45, 7) is 3.95. The van der Waals surface area contributed by atoms with Crippen molar-refractivity contribution in [3.63, 3.8) is 0 Å². The van der Waals surface area contributed by atoms with Crippen LogP contribution < -0.4 is 10.6 Å². The van der Waals surface area contributed by atoms with E-state index in [0.717, 1.165) is 5.56 Å². The van der Waals surface area contributed by atoms with Crippen LogP contribution in [0.4, 0.5) is 21.8 Å². The molecule has 0 aliphatic carbocycles. The van der Waals surface area contributed by atoms with E-state index in [9.17, 15) is 9.50 Å². The molecule has 0 aliphatic heterocycles. The summed E-state index contributed by atoms with van der Waals surface area (Å²) in [6.07, 6.45) is 3.39. The van der Waals surface area contributed by atoms with E-state index in [-0.39, 0.29) is 23.6 Å².